The first-order chi connectivity index (χ1) is 9.65. The molecule has 4 heteroatoms. The topological polar surface area (TPSA) is 12.5 Å². The number of benzene rings is 2. The maximum absolute atomic E-state index is 6.26. The van der Waals surface area contributed by atoms with Gasteiger partial charge in [0.1, 0.15) is 5.75 Å². The van der Waals surface area contributed by atoms with E-state index in [9.17, 15) is 0 Å². The predicted octanol–water partition coefficient (Wildman–Crippen LogP) is 4.52. The molecule has 0 saturated heterocycles. The molecule has 2 nitrogen and oxygen atoms in total. The molecule has 2 aromatic rings. The van der Waals surface area contributed by atoms with Gasteiger partial charge in [0, 0.05) is 29.7 Å². The van der Waals surface area contributed by atoms with Gasteiger partial charge >= 0.3 is 0 Å². The van der Waals surface area contributed by atoms with Gasteiger partial charge in [-0.15, -0.1) is 0 Å². The molecule has 2 aromatic carbocycles. The average Bonchev–Trinajstić information content (AvgIpc) is 2.82. The number of methoxy groups -OCH3 is 1. The molecular weight excluding hydrogens is 293 g/mol. The molecular formula is C16H15Cl2NO. The van der Waals surface area contributed by atoms with E-state index in [2.05, 4.69) is 17.0 Å². The number of fused-ring (bicyclic) bond motifs is 1. The van der Waals surface area contributed by atoms with E-state index in [1.807, 2.05) is 24.3 Å². The molecule has 0 aromatic heterocycles. The van der Waals surface area contributed by atoms with Crippen molar-refractivity contribution in [1.29, 1.82) is 0 Å². The van der Waals surface area contributed by atoms with Crippen LogP contribution in [-0.4, -0.2) is 12.0 Å². The molecule has 0 aliphatic carbocycles. The van der Waals surface area contributed by atoms with Crippen LogP contribution >= 0.6 is 23.2 Å². The summed E-state index contributed by atoms with van der Waals surface area (Å²) in [4.78, 5) is 2.36. The van der Waals surface area contributed by atoms with Crippen LogP contribution in [0, 0.1) is 0 Å². The highest BCUT2D eigenvalue weighted by atomic mass is 35.5. The molecule has 0 saturated carbocycles. The Morgan fingerprint density at radius 3 is 2.55 bits per heavy atom. The lowest BCUT2D eigenvalue weighted by atomic mass is 10.1. The second kappa shape index (κ2) is 5.65. The Bertz CT molecular complexity index is 625. The molecule has 1 heterocycles. The van der Waals surface area contributed by atoms with E-state index in [4.69, 9.17) is 27.9 Å². The molecule has 0 amide bonds. The Labute approximate surface area is 128 Å². The highest BCUT2D eigenvalue weighted by molar-refractivity contribution is 6.35. The molecule has 0 atom stereocenters. The molecule has 1 aliphatic heterocycles. The van der Waals surface area contributed by atoms with Gasteiger partial charge in [-0.05, 0) is 41.0 Å². The van der Waals surface area contributed by atoms with Gasteiger partial charge in [0.25, 0.3) is 0 Å². The normalized spacial score (nSPS) is 14.3. The standard InChI is InChI=1S/C16H15Cl2NO/c1-20-14-4-2-11(3-5-14)8-19-9-12-6-13(17)7-16(18)15(12)10-19/h2-7H,8-10H2,1H3. The molecule has 1 aliphatic rings. The first-order valence-corrected chi connectivity index (χ1v) is 7.23. The summed E-state index contributed by atoms with van der Waals surface area (Å²) in [5, 5.41) is 1.48. The molecule has 0 N–H and O–H groups in total. The van der Waals surface area contributed by atoms with E-state index < -0.39 is 0 Å². The number of hydrogen-bond acceptors (Lipinski definition) is 2. The number of halogens is 2. The molecule has 0 unspecified atom stereocenters. The maximum atomic E-state index is 6.26. The van der Waals surface area contributed by atoms with Gasteiger partial charge < -0.3 is 4.74 Å². The number of rotatable bonds is 3. The zero-order valence-corrected chi connectivity index (χ0v) is 12.7. The molecule has 0 radical (unpaired) electrons. The fraction of sp³-hybridized carbons (Fsp3) is 0.250. The summed E-state index contributed by atoms with van der Waals surface area (Å²) in [7, 11) is 1.68. The zero-order valence-electron chi connectivity index (χ0n) is 11.2. The fourth-order valence-electron chi connectivity index (χ4n) is 2.60. The Morgan fingerprint density at radius 1 is 1.10 bits per heavy atom. The summed E-state index contributed by atoms with van der Waals surface area (Å²) < 4.78 is 5.17. The van der Waals surface area contributed by atoms with Gasteiger partial charge in [0.05, 0.1) is 7.11 Å². The zero-order chi connectivity index (χ0) is 14.1. The lowest BCUT2D eigenvalue weighted by Crippen LogP contribution is -2.15. The maximum Gasteiger partial charge on any atom is 0.118 e. The molecule has 0 bridgehead atoms. The van der Waals surface area contributed by atoms with Gasteiger partial charge in [0.2, 0.25) is 0 Å². The smallest absolute Gasteiger partial charge is 0.118 e. The predicted molar refractivity (Wildman–Crippen MR) is 82.4 cm³/mol. The van der Waals surface area contributed by atoms with Crippen LogP contribution in [0.25, 0.3) is 0 Å². The van der Waals surface area contributed by atoms with Crippen molar-refractivity contribution in [1.82, 2.24) is 4.90 Å². The van der Waals surface area contributed by atoms with Crippen LogP contribution in [0.4, 0.5) is 0 Å². The van der Waals surface area contributed by atoms with Gasteiger partial charge in [-0.1, -0.05) is 35.3 Å². The Hall–Kier alpha value is -1.22. The van der Waals surface area contributed by atoms with E-state index in [1.165, 1.54) is 16.7 Å². The molecule has 0 fully saturated rings. The largest absolute Gasteiger partial charge is 0.497 e. The second-order valence-electron chi connectivity index (χ2n) is 5.02. The van der Waals surface area contributed by atoms with Gasteiger partial charge in [-0.25, -0.2) is 0 Å². The van der Waals surface area contributed by atoms with Crippen LogP contribution in [-0.2, 0) is 19.6 Å². The summed E-state index contributed by atoms with van der Waals surface area (Å²) in [6, 6.07) is 12.0. The van der Waals surface area contributed by atoms with Crippen LogP contribution < -0.4 is 4.74 Å². The average molecular weight is 308 g/mol. The van der Waals surface area contributed by atoms with Gasteiger partial charge in [-0.3, -0.25) is 4.90 Å². The van der Waals surface area contributed by atoms with E-state index in [1.54, 1.807) is 7.11 Å². The first kappa shape index (κ1) is 13.7. The number of ether oxygens (including phenoxy) is 1. The monoisotopic (exact) mass is 307 g/mol. The van der Waals surface area contributed by atoms with Crippen molar-refractivity contribution in [2.24, 2.45) is 0 Å². The van der Waals surface area contributed by atoms with Gasteiger partial charge in [-0.2, -0.15) is 0 Å². The highest BCUT2D eigenvalue weighted by Crippen LogP contribution is 2.33. The quantitative estimate of drug-likeness (QED) is 0.826. The third kappa shape index (κ3) is 2.78. The molecule has 3 rings (SSSR count). The number of hydrogen-bond donors (Lipinski definition) is 0. The summed E-state index contributed by atoms with van der Waals surface area (Å²) in [6.07, 6.45) is 0. The lowest BCUT2D eigenvalue weighted by molar-refractivity contribution is 0.275. The minimum Gasteiger partial charge on any atom is -0.497 e. The summed E-state index contributed by atoms with van der Waals surface area (Å²) in [5.74, 6) is 0.883. The Balaban J connectivity index is 1.73. The van der Waals surface area contributed by atoms with Gasteiger partial charge in [0.15, 0.2) is 0 Å². The third-order valence-electron chi connectivity index (χ3n) is 3.59. The van der Waals surface area contributed by atoms with Crippen LogP contribution in [0.5, 0.6) is 5.75 Å². The minimum absolute atomic E-state index is 0.708. The summed E-state index contributed by atoms with van der Waals surface area (Å²) >= 11 is 12.3. The van der Waals surface area contributed by atoms with Crippen molar-refractivity contribution in [3.8, 4) is 5.75 Å². The van der Waals surface area contributed by atoms with Crippen LogP contribution in [0.15, 0.2) is 36.4 Å². The van der Waals surface area contributed by atoms with E-state index in [0.717, 1.165) is 30.4 Å². The van der Waals surface area contributed by atoms with Crippen LogP contribution in [0.3, 0.4) is 0 Å². The molecule has 104 valence electrons. The molecule has 20 heavy (non-hydrogen) atoms. The highest BCUT2D eigenvalue weighted by Gasteiger charge is 2.21. The Kier molecular flexibility index (Phi) is 3.88. The van der Waals surface area contributed by atoms with Crippen molar-refractivity contribution in [2.45, 2.75) is 19.6 Å². The van der Waals surface area contributed by atoms with Crippen molar-refractivity contribution in [2.75, 3.05) is 7.11 Å². The summed E-state index contributed by atoms with van der Waals surface area (Å²) in [5.41, 5.74) is 3.70. The summed E-state index contributed by atoms with van der Waals surface area (Å²) in [6.45, 7) is 2.66. The van der Waals surface area contributed by atoms with Crippen molar-refractivity contribution < 1.29 is 4.74 Å². The third-order valence-corrected chi connectivity index (χ3v) is 4.15. The van der Waals surface area contributed by atoms with Crippen molar-refractivity contribution >= 4 is 23.2 Å². The number of nitrogens with zero attached hydrogens (tertiary/aromatic N) is 1. The van der Waals surface area contributed by atoms with Crippen molar-refractivity contribution in [3.05, 3.63) is 63.1 Å². The second-order valence-corrected chi connectivity index (χ2v) is 5.86. The minimum atomic E-state index is 0.708. The van der Waals surface area contributed by atoms with E-state index >= 15 is 0 Å². The molecule has 0 spiro atoms. The van der Waals surface area contributed by atoms with E-state index in [-0.39, 0.29) is 0 Å². The van der Waals surface area contributed by atoms with E-state index in [0.29, 0.717) is 5.02 Å². The van der Waals surface area contributed by atoms with Crippen molar-refractivity contribution in [3.63, 3.8) is 0 Å². The lowest BCUT2D eigenvalue weighted by Gasteiger charge is -2.15. The fourth-order valence-corrected chi connectivity index (χ4v) is 3.19. The van der Waals surface area contributed by atoms with Crippen LogP contribution in [0.1, 0.15) is 16.7 Å². The Morgan fingerprint density at radius 2 is 1.85 bits per heavy atom. The SMILES string of the molecule is COc1ccc(CN2Cc3cc(Cl)cc(Cl)c3C2)cc1. The first-order valence-electron chi connectivity index (χ1n) is 6.48. The van der Waals surface area contributed by atoms with Crippen LogP contribution in [0.2, 0.25) is 10.0 Å².